The molecule has 1 saturated heterocycles. The molecule has 186 valence electrons. The molecule has 2 N–H and O–H groups in total. The molecule has 3 aromatic rings. The van der Waals surface area contributed by atoms with Gasteiger partial charge in [0.15, 0.2) is 0 Å². The molecule has 0 bridgehead atoms. The van der Waals surface area contributed by atoms with E-state index in [1.54, 1.807) is 18.3 Å². The Kier molecular flexibility index (Phi) is 7.39. The predicted molar refractivity (Wildman–Crippen MR) is 139 cm³/mol. The summed E-state index contributed by atoms with van der Waals surface area (Å²) in [6, 6.07) is 14.3. The van der Waals surface area contributed by atoms with Crippen LogP contribution in [0.1, 0.15) is 50.4 Å². The van der Waals surface area contributed by atoms with Gasteiger partial charge in [-0.15, -0.1) is 0 Å². The number of hydrogen-bond donors (Lipinski definition) is 2. The smallest absolute Gasteiger partial charge is 0.407 e. The highest BCUT2D eigenvalue weighted by Gasteiger charge is 2.25. The molecule has 0 spiro atoms. The number of rotatable bonds is 5. The van der Waals surface area contributed by atoms with Gasteiger partial charge < -0.3 is 19.9 Å². The molecule has 7 nitrogen and oxygen atoms in total. The fraction of sp³-hybridized carbons (Fsp3) is 0.321. The Bertz CT molecular complexity index is 1280. The first kappa shape index (κ1) is 25.0. The summed E-state index contributed by atoms with van der Waals surface area (Å²) in [7, 11) is 0. The van der Waals surface area contributed by atoms with E-state index in [2.05, 4.69) is 26.3 Å². The van der Waals surface area contributed by atoms with Gasteiger partial charge in [0.1, 0.15) is 23.3 Å². The number of carbonyl (C=O) groups is 1. The van der Waals surface area contributed by atoms with Crippen molar-refractivity contribution in [2.75, 3.05) is 18.0 Å². The van der Waals surface area contributed by atoms with E-state index in [4.69, 9.17) is 4.74 Å². The number of ether oxygens (including phenoxy) is 1. The SMILES string of the molecule is CC(C)(C)OC(=O)NC1CCN(c2[nH]c(-c3ccnc(C=Cc4ccc(F)cc4)c3)cc2C#N)CC1. The summed E-state index contributed by atoms with van der Waals surface area (Å²) >= 11 is 0. The Morgan fingerprint density at radius 1 is 1.19 bits per heavy atom. The van der Waals surface area contributed by atoms with Crippen molar-refractivity contribution in [3.05, 3.63) is 71.3 Å². The maximum Gasteiger partial charge on any atom is 0.407 e. The maximum atomic E-state index is 13.1. The quantitative estimate of drug-likeness (QED) is 0.478. The van der Waals surface area contributed by atoms with Crippen molar-refractivity contribution in [2.45, 2.75) is 45.3 Å². The third-order valence-electron chi connectivity index (χ3n) is 5.86. The van der Waals surface area contributed by atoms with Crippen LogP contribution in [0.5, 0.6) is 0 Å². The number of halogens is 1. The second-order valence-electron chi connectivity index (χ2n) is 9.82. The van der Waals surface area contributed by atoms with Gasteiger partial charge in [0, 0.05) is 36.6 Å². The number of amides is 1. The van der Waals surface area contributed by atoms with Crippen LogP contribution in [0.4, 0.5) is 15.0 Å². The molecule has 0 saturated carbocycles. The number of alkyl carbamates (subject to hydrolysis) is 1. The van der Waals surface area contributed by atoms with Crippen molar-refractivity contribution in [3.63, 3.8) is 0 Å². The molecule has 1 aliphatic rings. The molecule has 0 aliphatic carbocycles. The monoisotopic (exact) mass is 487 g/mol. The number of benzene rings is 1. The number of aromatic amines is 1. The molecule has 1 fully saturated rings. The Balaban J connectivity index is 1.44. The second kappa shape index (κ2) is 10.6. The molecule has 8 heteroatoms. The van der Waals surface area contributed by atoms with Crippen LogP contribution in [0.2, 0.25) is 0 Å². The molecule has 0 unspecified atom stereocenters. The van der Waals surface area contributed by atoms with Crippen LogP contribution in [-0.4, -0.2) is 40.8 Å². The largest absolute Gasteiger partial charge is 0.444 e. The molecule has 1 aromatic carbocycles. The van der Waals surface area contributed by atoms with E-state index in [9.17, 15) is 14.4 Å². The zero-order chi connectivity index (χ0) is 25.7. The summed E-state index contributed by atoms with van der Waals surface area (Å²) in [6.07, 6.45) is 6.58. The van der Waals surface area contributed by atoms with E-state index < -0.39 is 11.7 Å². The summed E-state index contributed by atoms with van der Waals surface area (Å²) in [6.45, 7) is 6.94. The lowest BCUT2D eigenvalue weighted by Crippen LogP contribution is -2.46. The van der Waals surface area contributed by atoms with Gasteiger partial charge in [-0.3, -0.25) is 4.98 Å². The Morgan fingerprint density at radius 3 is 2.58 bits per heavy atom. The number of hydrogen-bond acceptors (Lipinski definition) is 5. The van der Waals surface area contributed by atoms with E-state index in [1.807, 2.05) is 51.1 Å². The molecule has 0 radical (unpaired) electrons. The van der Waals surface area contributed by atoms with Gasteiger partial charge in [0.2, 0.25) is 0 Å². The molecule has 4 rings (SSSR count). The lowest BCUT2D eigenvalue weighted by molar-refractivity contribution is 0.0497. The lowest BCUT2D eigenvalue weighted by Gasteiger charge is -2.33. The highest BCUT2D eigenvalue weighted by Crippen LogP contribution is 2.29. The number of nitriles is 1. The number of nitrogens with zero attached hydrogens (tertiary/aromatic N) is 3. The average Bonchev–Trinajstić information content (AvgIpc) is 3.28. The zero-order valence-electron chi connectivity index (χ0n) is 20.7. The third kappa shape index (κ3) is 6.51. The summed E-state index contributed by atoms with van der Waals surface area (Å²) in [5.74, 6) is 0.509. The fourth-order valence-corrected chi connectivity index (χ4v) is 4.12. The van der Waals surface area contributed by atoms with Crippen LogP contribution in [-0.2, 0) is 4.74 Å². The summed E-state index contributed by atoms with van der Waals surface area (Å²) < 4.78 is 18.5. The number of carbonyl (C=O) groups excluding carboxylic acids is 1. The number of H-pyrrole nitrogens is 1. The number of nitrogens with one attached hydrogen (secondary N) is 2. The van der Waals surface area contributed by atoms with Crippen LogP contribution >= 0.6 is 0 Å². The van der Waals surface area contributed by atoms with Gasteiger partial charge in [-0.25, -0.2) is 9.18 Å². The molecule has 36 heavy (non-hydrogen) atoms. The predicted octanol–water partition coefficient (Wildman–Crippen LogP) is 5.75. The highest BCUT2D eigenvalue weighted by atomic mass is 19.1. The first-order valence-electron chi connectivity index (χ1n) is 12.0. The summed E-state index contributed by atoms with van der Waals surface area (Å²) in [4.78, 5) is 22.0. The Hall–Kier alpha value is -4.12. The molecule has 0 atom stereocenters. The molecule has 2 aromatic heterocycles. The maximum absolute atomic E-state index is 13.1. The minimum Gasteiger partial charge on any atom is -0.444 e. The minimum atomic E-state index is -0.531. The van der Waals surface area contributed by atoms with Crippen molar-refractivity contribution >= 4 is 24.1 Å². The fourth-order valence-electron chi connectivity index (χ4n) is 4.12. The number of pyridine rings is 1. The summed E-state index contributed by atoms with van der Waals surface area (Å²) in [5, 5.41) is 12.7. The van der Waals surface area contributed by atoms with Crippen molar-refractivity contribution in [3.8, 4) is 17.3 Å². The molecule has 1 amide bonds. The van der Waals surface area contributed by atoms with Gasteiger partial charge >= 0.3 is 6.09 Å². The van der Waals surface area contributed by atoms with E-state index in [0.717, 1.165) is 41.2 Å². The van der Waals surface area contributed by atoms with Crippen LogP contribution < -0.4 is 10.2 Å². The standard InChI is InChI=1S/C28H30FN5O2/c1-28(2,3)36-27(35)32-23-11-14-34(15-12-23)26-21(18-30)17-25(33-26)20-10-13-31-24(16-20)9-6-19-4-7-22(29)8-5-19/h4-10,13,16-17,23,33H,11-12,14-15H2,1-3H3,(H,32,35). The normalized spacial score (nSPS) is 14.6. The first-order valence-corrected chi connectivity index (χ1v) is 12.0. The van der Waals surface area contributed by atoms with E-state index in [0.29, 0.717) is 18.7 Å². The van der Waals surface area contributed by atoms with Crippen LogP contribution in [0.3, 0.4) is 0 Å². The van der Waals surface area contributed by atoms with Crippen LogP contribution in [0.15, 0.2) is 48.7 Å². The number of piperidine rings is 1. The van der Waals surface area contributed by atoms with Gasteiger partial charge in [0.25, 0.3) is 0 Å². The highest BCUT2D eigenvalue weighted by molar-refractivity contribution is 5.74. The van der Waals surface area contributed by atoms with E-state index >= 15 is 0 Å². The van der Waals surface area contributed by atoms with Crippen molar-refractivity contribution in [1.29, 1.82) is 5.26 Å². The first-order chi connectivity index (χ1) is 17.2. The lowest BCUT2D eigenvalue weighted by atomic mass is 10.0. The zero-order valence-corrected chi connectivity index (χ0v) is 20.7. The van der Waals surface area contributed by atoms with Gasteiger partial charge in [-0.05, 0) is 75.6 Å². The van der Waals surface area contributed by atoms with Crippen molar-refractivity contribution in [1.82, 2.24) is 15.3 Å². The Labute approximate surface area is 210 Å². The molecular formula is C28H30FN5O2. The molecule has 1 aliphatic heterocycles. The number of aromatic nitrogens is 2. The van der Waals surface area contributed by atoms with Crippen LogP contribution in [0, 0.1) is 17.1 Å². The topological polar surface area (TPSA) is 94.0 Å². The van der Waals surface area contributed by atoms with Gasteiger partial charge in [0.05, 0.1) is 11.3 Å². The second-order valence-corrected chi connectivity index (χ2v) is 9.82. The van der Waals surface area contributed by atoms with Gasteiger partial charge in [-0.2, -0.15) is 5.26 Å². The van der Waals surface area contributed by atoms with E-state index in [-0.39, 0.29) is 11.9 Å². The van der Waals surface area contributed by atoms with Crippen molar-refractivity contribution in [2.24, 2.45) is 0 Å². The van der Waals surface area contributed by atoms with Crippen molar-refractivity contribution < 1.29 is 13.9 Å². The Morgan fingerprint density at radius 2 is 1.92 bits per heavy atom. The van der Waals surface area contributed by atoms with Gasteiger partial charge in [-0.1, -0.05) is 18.2 Å². The minimum absolute atomic E-state index is 0.0340. The average molecular weight is 488 g/mol. The molecule has 3 heterocycles. The molecular weight excluding hydrogens is 457 g/mol. The number of anilines is 1. The third-order valence-corrected chi connectivity index (χ3v) is 5.86. The van der Waals surface area contributed by atoms with Crippen LogP contribution in [0.25, 0.3) is 23.4 Å². The van der Waals surface area contributed by atoms with E-state index in [1.165, 1.54) is 12.1 Å². The summed E-state index contributed by atoms with van der Waals surface area (Å²) in [5.41, 5.74) is 3.41.